The zero-order valence-corrected chi connectivity index (χ0v) is 10.6. The third kappa shape index (κ3) is 3.31. The maximum atomic E-state index is 11.2. The van der Waals surface area contributed by atoms with Crippen LogP contribution in [0.3, 0.4) is 0 Å². The summed E-state index contributed by atoms with van der Waals surface area (Å²) in [5, 5.41) is 2.56. The summed E-state index contributed by atoms with van der Waals surface area (Å²) in [6.07, 6.45) is 0. The number of Topliss-reactive ketones (excluding diaryl/α,β-unsaturated/α-hetero) is 1. The number of hydrogen-bond acceptors (Lipinski definition) is 3. The highest BCUT2D eigenvalue weighted by atomic mass is 16.5. The van der Waals surface area contributed by atoms with E-state index in [-0.39, 0.29) is 0 Å². The number of hydrogen-bond donors (Lipinski definition) is 1. The molecule has 0 spiro atoms. The van der Waals surface area contributed by atoms with Crippen molar-refractivity contribution in [2.75, 3.05) is 7.11 Å². The molecule has 17 heavy (non-hydrogen) atoms. The first-order chi connectivity index (χ1) is 7.95. The van der Waals surface area contributed by atoms with Crippen LogP contribution in [0.1, 0.15) is 23.6 Å². The Bertz CT molecular complexity index is 452. The molecule has 4 heteroatoms. The van der Waals surface area contributed by atoms with Crippen molar-refractivity contribution in [2.24, 2.45) is 0 Å². The third-order valence-electron chi connectivity index (χ3n) is 2.54. The summed E-state index contributed by atoms with van der Waals surface area (Å²) in [5.41, 5.74) is 3.03. The molecule has 0 aromatic heterocycles. The van der Waals surface area contributed by atoms with Crippen LogP contribution >= 0.6 is 0 Å². The van der Waals surface area contributed by atoms with E-state index in [2.05, 4.69) is 5.32 Å². The topological polar surface area (TPSA) is 55.4 Å². The van der Waals surface area contributed by atoms with Crippen LogP contribution in [0.15, 0.2) is 12.1 Å². The molecule has 1 aromatic carbocycles. The van der Waals surface area contributed by atoms with Crippen molar-refractivity contribution < 1.29 is 14.3 Å². The van der Waals surface area contributed by atoms with Gasteiger partial charge in [0.15, 0.2) is 0 Å². The molecule has 1 rings (SSSR count). The smallest absolute Gasteiger partial charge is 0.287 e. The number of ether oxygens (including phenoxy) is 1. The Morgan fingerprint density at radius 3 is 2.47 bits per heavy atom. The second kappa shape index (κ2) is 5.48. The molecule has 0 heterocycles. The lowest BCUT2D eigenvalue weighted by Gasteiger charge is -2.13. The van der Waals surface area contributed by atoms with Crippen LogP contribution in [0.4, 0.5) is 0 Å². The molecule has 4 nitrogen and oxygen atoms in total. The van der Waals surface area contributed by atoms with Gasteiger partial charge in [-0.2, -0.15) is 0 Å². The summed E-state index contributed by atoms with van der Waals surface area (Å²) >= 11 is 0. The summed E-state index contributed by atoms with van der Waals surface area (Å²) in [7, 11) is 1.59. The Balaban J connectivity index is 2.90. The van der Waals surface area contributed by atoms with Crippen molar-refractivity contribution in [3.8, 4) is 5.75 Å². The molecule has 0 saturated carbocycles. The van der Waals surface area contributed by atoms with Gasteiger partial charge >= 0.3 is 0 Å². The zero-order valence-electron chi connectivity index (χ0n) is 10.6. The average molecular weight is 235 g/mol. The number of methoxy groups -OCH3 is 1. The van der Waals surface area contributed by atoms with Crippen LogP contribution in [0, 0.1) is 13.8 Å². The van der Waals surface area contributed by atoms with Crippen LogP contribution in [-0.4, -0.2) is 18.8 Å². The number of carbonyl (C=O) groups excluding carboxylic acids is 2. The van der Waals surface area contributed by atoms with Crippen molar-refractivity contribution in [3.05, 3.63) is 28.8 Å². The van der Waals surface area contributed by atoms with Crippen molar-refractivity contribution >= 4 is 11.7 Å². The molecule has 1 N–H and O–H groups in total. The highest BCUT2D eigenvalue weighted by Crippen LogP contribution is 2.23. The van der Waals surface area contributed by atoms with Gasteiger partial charge in [-0.25, -0.2) is 0 Å². The van der Waals surface area contributed by atoms with Crippen molar-refractivity contribution in [1.29, 1.82) is 0 Å². The minimum Gasteiger partial charge on any atom is -0.496 e. The molecule has 0 aliphatic rings. The molecule has 0 aliphatic carbocycles. The highest BCUT2D eigenvalue weighted by molar-refractivity contribution is 6.35. The Hall–Kier alpha value is -1.84. The molecule has 92 valence electrons. The maximum Gasteiger partial charge on any atom is 0.287 e. The first kappa shape index (κ1) is 13.2. The number of nitrogens with one attached hydrogen (secondary N) is 1. The second-order valence-corrected chi connectivity index (χ2v) is 4.00. The molecule has 1 amide bonds. The zero-order chi connectivity index (χ0) is 13.0. The second-order valence-electron chi connectivity index (χ2n) is 4.00. The fraction of sp³-hybridized carbons (Fsp3) is 0.385. The molecular formula is C13H17NO3. The summed E-state index contributed by atoms with van der Waals surface area (Å²) in [6, 6.07) is 3.92. The number of ketones is 1. The van der Waals surface area contributed by atoms with Crippen LogP contribution in [0.25, 0.3) is 0 Å². The quantitative estimate of drug-likeness (QED) is 0.805. The van der Waals surface area contributed by atoms with E-state index in [4.69, 9.17) is 4.74 Å². The van der Waals surface area contributed by atoms with Crippen molar-refractivity contribution in [2.45, 2.75) is 27.3 Å². The van der Waals surface area contributed by atoms with Crippen LogP contribution in [0.2, 0.25) is 0 Å². The van der Waals surface area contributed by atoms with E-state index in [1.807, 2.05) is 26.0 Å². The Labute approximate surface area is 101 Å². The fourth-order valence-corrected chi connectivity index (χ4v) is 1.66. The summed E-state index contributed by atoms with van der Waals surface area (Å²) in [5.74, 6) is -0.341. The van der Waals surface area contributed by atoms with E-state index in [1.165, 1.54) is 6.92 Å². The molecule has 0 fully saturated rings. The van der Waals surface area contributed by atoms with E-state index >= 15 is 0 Å². The van der Waals surface area contributed by atoms with Gasteiger partial charge in [0.05, 0.1) is 7.11 Å². The maximum absolute atomic E-state index is 11.2. The predicted octanol–water partition coefficient (Wildman–Crippen LogP) is 1.52. The standard InChI is InChI=1S/C13H17NO3/c1-8-5-9(2)11(12(6-8)17-4)7-14-13(16)10(3)15/h5-6H,7H2,1-4H3,(H,14,16). The number of carbonyl (C=O) groups is 2. The molecular weight excluding hydrogens is 218 g/mol. The van der Waals surface area contributed by atoms with Crippen molar-refractivity contribution in [1.82, 2.24) is 5.32 Å². The summed E-state index contributed by atoms with van der Waals surface area (Å²) < 4.78 is 5.26. The normalized spacial score (nSPS) is 9.88. The van der Waals surface area contributed by atoms with Gasteiger partial charge in [-0.3, -0.25) is 9.59 Å². The van der Waals surface area contributed by atoms with Gasteiger partial charge in [0.1, 0.15) is 5.75 Å². The van der Waals surface area contributed by atoms with Crippen molar-refractivity contribution in [3.63, 3.8) is 0 Å². The number of rotatable bonds is 4. The number of aryl methyl sites for hydroxylation is 2. The molecule has 0 unspecified atom stereocenters. The van der Waals surface area contributed by atoms with Crippen LogP contribution in [-0.2, 0) is 16.1 Å². The molecule has 0 aliphatic heterocycles. The lowest BCUT2D eigenvalue weighted by Crippen LogP contribution is -2.29. The van der Waals surface area contributed by atoms with Gasteiger partial charge in [-0.15, -0.1) is 0 Å². The molecule has 0 bridgehead atoms. The lowest BCUT2D eigenvalue weighted by atomic mass is 10.0. The third-order valence-corrected chi connectivity index (χ3v) is 2.54. The Morgan fingerprint density at radius 1 is 1.29 bits per heavy atom. The van der Waals surface area contributed by atoms with Gasteiger partial charge in [-0.1, -0.05) is 6.07 Å². The minimum atomic E-state index is -0.577. The van der Waals surface area contributed by atoms with E-state index in [0.717, 1.165) is 22.4 Å². The van der Waals surface area contributed by atoms with Gasteiger partial charge in [-0.05, 0) is 31.0 Å². The van der Waals surface area contributed by atoms with Gasteiger partial charge in [0, 0.05) is 19.0 Å². The van der Waals surface area contributed by atoms with Gasteiger partial charge in [0.2, 0.25) is 5.78 Å². The first-order valence-corrected chi connectivity index (χ1v) is 5.38. The molecule has 0 atom stereocenters. The number of amides is 1. The monoisotopic (exact) mass is 235 g/mol. The molecule has 1 aromatic rings. The van der Waals surface area contributed by atoms with E-state index in [9.17, 15) is 9.59 Å². The largest absolute Gasteiger partial charge is 0.496 e. The summed E-state index contributed by atoms with van der Waals surface area (Å²) in [6.45, 7) is 5.47. The average Bonchev–Trinajstić information content (AvgIpc) is 2.26. The number of benzene rings is 1. The molecule has 0 saturated heterocycles. The fourth-order valence-electron chi connectivity index (χ4n) is 1.66. The van der Waals surface area contributed by atoms with E-state index in [1.54, 1.807) is 7.11 Å². The Morgan fingerprint density at radius 2 is 1.94 bits per heavy atom. The van der Waals surface area contributed by atoms with E-state index < -0.39 is 11.7 Å². The summed E-state index contributed by atoms with van der Waals surface area (Å²) in [4.78, 5) is 22.0. The van der Waals surface area contributed by atoms with Crippen LogP contribution < -0.4 is 10.1 Å². The SMILES string of the molecule is COc1cc(C)cc(C)c1CNC(=O)C(C)=O. The minimum absolute atomic E-state index is 0.299. The first-order valence-electron chi connectivity index (χ1n) is 5.38. The van der Waals surface area contributed by atoms with Gasteiger partial charge < -0.3 is 10.1 Å². The molecule has 0 radical (unpaired) electrons. The van der Waals surface area contributed by atoms with Gasteiger partial charge in [0.25, 0.3) is 5.91 Å². The highest BCUT2D eigenvalue weighted by Gasteiger charge is 2.11. The Kier molecular flexibility index (Phi) is 4.26. The van der Waals surface area contributed by atoms with Crippen LogP contribution in [0.5, 0.6) is 5.75 Å². The van der Waals surface area contributed by atoms with E-state index in [0.29, 0.717) is 6.54 Å². The lowest BCUT2D eigenvalue weighted by molar-refractivity contribution is -0.136. The predicted molar refractivity (Wildman–Crippen MR) is 65.0 cm³/mol.